The molecular formula is C20H27FIN3O2S. The minimum Gasteiger partial charge on any atom is -0.356 e. The van der Waals surface area contributed by atoms with E-state index < -0.39 is 9.84 Å². The molecule has 0 fully saturated rings. The highest BCUT2D eigenvalue weighted by atomic mass is 127. The molecule has 0 aliphatic rings. The van der Waals surface area contributed by atoms with Crippen LogP contribution >= 0.6 is 24.0 Å². The Kier molecular flexibility index (Phi) is 10.4. The van der Waals surface area contributed by atoms with Crippen molar-refractivity contribution in [2.75, 3.05) is 19.3 Å². The van der Waals surface area contributed by atoms with Crippen molar-refractivity contribution in [1.82, 2.24) is 10.6 Å². The van der Waals surface area contributed by atoms with Crippen molar-refractivity contribution < 1.29 is 12.8 Å². The van der Waals surface area contributed by atoms with E-state index in [1.54, 1.807) is 43.4 Å². The molecule has 0 heterocycles. The van der Waals surface area contributed by atoms with Crippen LogP contribution < -0.4 is 10.6 Å². The lowest BCUT2D eigenvalue weighted by Gasteiger charge is -2.20. The second-order valence-corrected chi connectivity index (χ2v) is 8.26. The predicted octanol–water partition coefficient (Wildman–Crippen LogP) is 3.40. The molecule has 0 radical (unpaired) electrons. The molecule has 1 atom stereocenters. The maximum Gasteiger partial charge on any atom is 0.191 e. The number of benzene rings is 2. The average Bonchev–Trinajstić information content (AvgIpc) is 2.67. The van der Waals surface area contributed by atoms with Crippen LogP contribution in [0.4, 0.5) is 4.39 Å². The van der Waals surface area contributed by atoms with Gasteiger partial charge >= 0.3 is 0 Å². The standard InChI is InChI=1S/C20H26FN3O2S.HI/c1-3-18(15-27(25,26)19-10-5-4-6-11-19)24-20(22-2)23-13-12-16-8-7-9-17(21)14-16;/h4-11,14,18H,3,12-13,15H2,1-2H3,(H2,22,23,24);1H. The lowest BCUT2D eigenvalue weighted by molar-refractivity contribution is 0.569. The number of hydrogen-bond acceptors (Lipinski definition) is 3. The first-order valence-corrected chi connectivity index (χ1v) is 10.6. The molecule has 0 aliphatic heterocycles. The van der Waals surface area contributed by atoms with Gasteiger partial charge in [0.2, 0.25) is 0 Å². The van der Waals surface area contributed by atoms with Gasteiger partial charge in [0.15, 0.2) is 15.8 Å². The van der Waals surface area contributed by atoms with Crippen LogP contribution in [0.25, 0.3) is 0 Å². The van der Waals surface area contributed by atoms with Crippen LogP contribution in [0, 0.1) is 5.82 Å². The summed E-state index contributed by atoms with van der Waals surface area (Å²) in [5, 5.41) is 6.31. The van der Waals surface area contributed by atoms with Gasteiger partial charge in [-0.05, 0) is 42.7 Å². The first kappa shape index (κ1) is 24.4. The minimum absolute atomic E-state index is 0. The van der Waals surface area contributed by atoms with E-state index in [4.69, 9.17) is 0 Å². The molecule has 8 heteroatoms. The van der Waals surface area contributed by atoms with Crippen LogP contribution in [0.3, 0.4) is 0 Å². The van der Waals surface area contributed by atoms with Gasteiger partial charge in [-0.15, -0.1) is 24.0 Å². The number of sulfone groups is 1. The zero-order chi connectivity index (χ0) is 19.7. The van der Waals surface area contributed by atoms with Crippen LogP contribution in [-0.4, -0.2) is 39.8 Å². The van der Waals surface area contributed by atoms with Crippen LogP contribution in [-0.2, 0) is 16.3 Å². The molecule has 154 valence electrons. The van der Waals surface area contributed by atoms with E-state index in [0.717, 1.165) is 5.56 Å². The summed E-state index contributed by atoms with van der Waals surface area (Å²) in [5.74, 6) is 0.256. The van der Waals surface area contributed by atoms with Crippen LogP contribution in [0.5, 0.6) is 0 Å². The van der Waals surface area contributed by atoms with Crippen molar-refractivity contribution >= 4 is 39.8 Å². The Morgan fingerprint density at radius 2 is 1.86 bits per heavy atom. The largest absolute Gasteiger partial charge is 0.356 e. The highest BCUT2D eigenvalue weighted by Crippen LogP contribution is 2.12. The summed E-state index contributed by atoms with van der Waals surface area (Å²) in [6.07, 6.45) is 1.27. The normalized spacial score (nSPS) is 12.8. The zero-order valence-corrected chi connectivity index (χ0v) is 19.2. The molecule has 2 aromatic rings. The van der Waals surface area contributed by atoms with E-state index in [2.05, 4.69) is 15.6 Å². The maximum atomic E-state index is 13.2. The second kappa shape index (κ2) is 12.0. The maximum absolute atomic E-state index is 13.2. The van der Waals surface area contributed by atoms with Gasteiger partial charge in [0, 0.05) is 19.6 Å². The van der Waals surface area contributed by atoms with Crippen molar-refractivity contribution in [2.24, 2.45) is 4.99 Å². The number of rotatable bonds is 8. The van der Waals surface area contributed by atoms with Gasteiger partial charge in [-0.2, -0.15) is 0 Å². The molecule has 0 bridgehead atoms. The highest BCUT2D eigenvalue weighted by molar-refractivity contribution is 14.0. The summed E-state index contributed by atoms with van der Waals surface area (Å²) < 4.78 is 38.4. The van der Waals surface area contributed by atoms with Crippen molar-refractivity contribution in [3.05, 3.63) is 66.0 Å². The summed E-state index contributed by atoms with van der Waals surface area (Å²) in [6.45, 7) is 2.49. The van der Waals surface area contributed by atoms with Gasteiger partial charge in [-0.3, -0.25) is 4.99 Å². The van der Waals surface area contributed by atoms with Gasteiger partial charge in [-0.25, -0.2) is 12.8 Å². The third-order valence-corrected chi connectivity index (χ3v) is 6.01. The number of hydrogen-bond donors (Lipinski definition) is 2. The fraction of sp³-hybridized carbons (Fsp3) is 0.350. The summed E-state index contributed by atoms with van der Waals surface area (Å²) in [6, 6.07) is 14.6. The molecule has 0 saturated carbocycles. The van der Waals surface area contributed by atoms with Gasteiger partial charge < -0.3 is 10.6 Å². The Hall–Kier alpha value is -1.68. The number of nitrogens with one attached hydrogen (secondary N) is 2. The Morgan fingerprint density at radius 3 is 2.46 bits per heavy atom. The number of halogens is 2. The van der Waals surface area contributed by atoms with E-state index in [9.17, 15) is 12.8 Å². The smallest absolute Gasteiger partial charge is 0.191 e. The number of nitrogens with zero attached hydrogens (tertiary/aromatic N) is 1. The van der Waals surface area contributed by atoms with Crippen molar-refractivity contribution in [1.29, 1.82) is 0 Å². The third-order valence-electron chi connectivity index (χ3n) is 4.18. The Morgan fingerprint density at radius 1 is 1.14 bits per heavy atom. The van der Waals surface area contributed by atoms with Crippen LogP contribution in [0.2, 0.25) is 0 Å². The van der Waals surface area contributed by atoms with Gasteiger partial charge in [0.25, 0.3) is 0 Å². The van der Waals surface area contributed by atoms with E-state index in [-0.39, 0.29) is 41.6 Å². The molecule has 0 spiro atoms. The van der Waals surface area contributed by atoms with E-state index in [0.29, 0.717) is 30.2 Å². The third kappa shape index (κ3) is 7.75. The van der Waals surface area contributed by atoms with Crippen LogP contribution in [0.1, 0.15) is 18.9 Å². The summed E-state index contributed by atoms with van der Waals surface area (Å²) in [4.78, 5) is 4.47. The average molecular weight is 519 g/mol. The molecule has 0 aliphatic carbocycles. The fourth-order valence-electron chi connectivity index (χ4n) is 2.66. The number of aliphatic imine (C=N–C) groups is 1. The molecule has 0 amide bonds. The molecule has 2 N–H and O–H groups in total. The van der Waals surface area contributed by atoms with Crippen molar-refractivity contribution in [3.63, 3.8) is 0 Å². The minimum atomic E-state index is -3.38. The summed E-state index contributed by atoms with van der Waals surface area (Å²) >= 11 is 0. The molecular weight excluding hydrogens is 492 g/mol. The van der Waals surface area contributed by atoms with Crippen molar-refractivity contribution in [2.45, 2.75) is 30.7 Å². The SMILES string of the molecule is CCC(CS(=O)(=O)c1ccccc1)NC(=NC)NCCc1cccc(F)c1.I. The lowest BCUT2D eigenvalue weighted by Crippen LogP contribution is -2.46. The first-order valence-electron chi connectivity index (χ1n) is 8.94. The van der Waals surface area contributed by atoms with Gasteiger partial charge in [-0.1, -0.05) is 37.3 Å². The molecule has 2 aromatic carbocycles. The summed E-state index contributed by atoms with van der Waals surface area (Å²) in [5.41, 5.74) is 0.886. The molecule has 0 saturated heterocycles. The highest BCUT2D eigenvalue weighted by Gasteiger charge is 2.20. The van der Waals surface area contributed by atoms with E-state index in [1.807, 2.05) is 13.0 Å². The van der Waals surface area contributed by atoms with E-state index >= 15 is 0 Å². The Bertz CT molecular complexity index is 861. The zero-order valence-electron chi connectivity index (χ0n) is 16.1. The Balaban J connectivity index is 0.00000392. The second-order valence-electron chi connectivity index (χ2n) is 6.22. The lowest BCUT2D eigenvalue weighted by atomic mass is 10.1. The van der Waals surface area contributed by atoms with Crippen LogP contribution in [0.15, 0.2) is 64.5 Å². The summed E-state index contributed by atoms with van der Waals surface area (Å²) in [7, 11) is -1.75. The topological polar surface area (TPSA) is 70.6 Å². The van der Waals surface area contributed by atoms with Crippen molar-refractivity contribution in [3.8, 4) is 0 Å². The quantitative estimate of drug-likeness (QED) is 0.319. The molecule has 5 nitrogen and oxygen atoms in total. The predicted molar refractivity (Wildman–Crippen MR) is 123 cm³/mol. The molecule has 2 rings (SSSR count). The molecule has 0 aromatic heterocycles. The molecule has 28 heavy (non-hydrogen) atoms. The fourth-order valence-corrected chi connectivity index (χ4v) is 4.27. The number of guanidine groups is 1. The van der Waals surface area contributed by atoms with Gasteiger partial charge in [0.1, 0.15) is 5.82 Å². The monoisotopic (exact) mass is 519 g/mol. The first-order chi connectivity index (χ1) is 12.9. The molecule has 1 unspecified atom stereocenters. The Labute approximate surface area is 183 Å². The van der Waals surface area contributed by atoms with Gasteiger partial charge in [0.05, 0.1) is 10.6 Å². The van der Waals surface area contributed by atoms with E-state index in [1.165, 1.54) is 12.1 Å².